The summed E-state index contributed by atoms with van der Waals surface area (Å²) in [5, 5.41) is 9.01. The van der Waals surface area contributed by atoms with Crippen LogP contribution in [0.2, 0.25) is 0 Å². The van der Waals surface area contributed by atoms with Crippen molar-refractivity contribution in [1.82, 2.24) is 0 Å². The van der Waals surface area contributed by atoms with Crippen molar-refractivity contribution in [1.29, 1.82) is 0 Å². The van der Waals surface area contributed by atoms with Crippen LogP contribution in [0.15, 0.2) is 0 Å². The highest BCUT2D eigenvalue weighted by molar-refractivity contribution is 4.86. The van der Waals surface area contributed by atoms with Gasteiger partial charge in [-0.05, 0) is 48.9 Å². The first-order valence-corrected chi connectivity index (χ1v) is 5.98. The van der Waals surface area contributed by atoms with Crippen LogP contribution in [-0.2, 0) is 0 Å². The summed E-state index contributed by atoms with van der Waals surface area (Å²) in [7, 11) is 0. The summed E-state index contributed by atoms with van der Waals surface area (Å²) in [4.78, 5) is 0. The van der Waals surface area contributed by atoms with Crippen LogP contribution in [0, 0.1) is 16.7 Å². The van der Waals surface area contributed by atoms with E-state index >= 15 is 0 Å². The van der Waals surface area contributed by atoms with Crippen molar-refractivity contribution >= 4 is 0 Å². The van der Waals surface area contributed by atoms with Gasteiger partial charge in [0.05, 0.1) is 0 Å². The first kappa shape index (κ1) is 12.0. The molecule has 1 aliphatic rings. The number of hydrogen-bond acceptors (Lipinski definition) is 1. The molecule has 1 rings (SSSR count). The number of aliphatic hydroxyl groups excluding tert-OH is 1. The molecule has 0 aromatic rings. The zero-order chi connectivity index (χ0) is 10.8. The second kappa shape index (κ2) is 4.22. The fourth-order valence-electron chi connectivity index (χ4n) is 2.70. The van der Waals surface area contributed by atoms with E-state index in [1.54, 1.807) is 0 Å². The van der Waals surface area contributed by atoms with Crippen molar-refractivity contribution in [3.8, 4) is 0 Å². The van der Waals surface area contributed by atoms with E-state index in [-0.39, 0.29) is 0 Å². The van der Waals surface area contributed by atoms with Gasteiger partial charge in [-0.15, -0.1) is 0 Å². The molecule has 0 aromatic heterocycles. The van der Waals surface area contributed by atoms with Crippen molar-refractivity contribution in [2.45, 2.75) is 59.8 Å². The first-order chi connectivity index (χ1) is 6.37. The topological polar surface area (TPSA) is 20.2 Å². The highest BCUT2D eigenvalue weighted by Crippen LogP contribution is 2.46. The molecule has 1 N–H and O–H groups in total. The molecule has 14 heavy (non-hydrogen) atoms. The van der Waals surface area contributed by atoms with Crippen LogP contribution in [0.3, 0.4) is 0 Å². The van der Waals surface area contributed by atoms with Crippen molar-refractivity contribution in [3.05, 3.63) is 0 Å². The minimum absolute atomic E-state index is 0.358. The Kier molecular flexibility index (Phi) is 3.63. The van der Waals surface area contributed by atoms with Crippen LogP contribution < -0.4 is 0 Å². The minimum Gasteiger partial charge on any atom is -0.396 e. The summed E-state index contributed by atoms with van der Waals surface area (Å²) in [6.07, 6.45) is 6.29. The third-order valence-corrected chi connectivity index (χ3v) is 4.13. The molecule has 0 spiro atoms. The predicted octanol–water partition coefficient (Wildman–Crippen LogP) is 3.61. The smallest absolute Gasteiger partial charge is 0.0436 e. The number of aliphatic hydroxyl groups is 1. The molecule has 1 fully saturated rings. The Bertz CT molecular complexity index is 170. The van der Waals surface area contributed by atoms with Crippen LogP contribution in [0.5, 0.6) is 0 Å². The first-order valence-electron chi connectivity index (χ1n) is 5.98. The summed E-state index contributed by atoms with van der Waals surface area (Å²) in [5.74, 6) is 0.884. The highest BCUT2D eigenvalue weighted by Gasteiger charge is 2.35. The Hall–Kier alpha value is -0.0400. The number of rotatable bonds is 2. The minimum atomic E-state index is 0.358. The van der Waals surface area contributed by atoms with E-state index in [1.165, 1.54) is 25.7 Å². The van der Waals surface area contributed by atoms with Gasteiger partial charge >= 0.3 is 0 Å². The fourth-order valence-corrected chi connectivity index (χ4v) is 2.70. The molecule has 0 atom stereocenters. The molecule has 1 aliphatic carbocycles. The zero-order valence-corrected chi connectivity index (χ0v) is 10.3. The molecule has 1 saturated carbocycles. The van der Waals surface area contributed by atoms with Crippen molar-refractivity contribution < 1.29 is 5.11 Å². The van der Waals surface area contributed by atoms with E-state index in [9.17, 15) is 0 Å². The molecule has 0 unspecified atom stereocenters. The Morgan fingerprint density at radius 3 is 2.07 bits per heavy atom. The molecule has 0 radical (unpaired) electrons. The van der Waals surface area contributed by atoms with Crippen LogP contribution in [0.4, 0.5) is 0 Å². The highest BCUT2D eigenvalue weighted by atomic mass is 16.3. The second-order valence-corrected chi connectivity index (χ2v) is 6.42. The van der Waals surface area contributed by atoms with Crippen molar-refractivity contribution in [2.75, 3.05) is 6.61 Å². The zero-order valence-electron chi connectivity index (χ0n) is 10.3. The van der Waals surface area contributed by atoms with E-state index in [2.05, 4.69) is 27.7 Å². The van der Waals surface area contributed by atoms with Gasteiger partial charge in [-0.2, -0.15) is 0 Å². The van der Waals surface area contributed by atoms with Gasteiger partial charge in [0.25, 0.3) is 0 Å². The monoisotopic (exact) mass is 198 g/mol. The Morgan fingerprint density at radius 2 is 1.71 bits per heavy atom. The normalized spacial score (nSPS) is 34.5. The molecular weight excluding hydrogens is 172 g/mol. The van der Waals surface area contributed by atoms with Gasteiger partial charge in [0.15, 0.2) is 0 Å². The van der Waals surface area contributed by atoms with Crippen molar-refractivity contribution in [2.24, 2.45) is 16.7 Å². The Labute approximate surface area is 88.9 Å². The molecular formula is C13H26O. The standard InChI is InChI=1S/C13H26O/c1-12(2,3)11-5-7-13(4,8-6-11)9-10-14/h11,14H,5-10H2,1-4H3. The summed E-state index contributed by atoms with van der Waals surface area (Å²) < 4.78 is 0. The van der Waals surface area contributed by atoms with Gasteiger partial charge in [-0.3, -0.25) is 0 Å². The van der Waals surface area contributed by atoms with Gasteiger partial charge in [-0.1, -0.05) is 27.7 Å². The molecule has 0 amide bonds. The Balaban J connectivity index is 2.45. The summed E-state index contributed by atoms with van der Waals surface area (Å²) in [6, 6.07) is 0. The maximum atomic E-state index is 9.01. The molecule has 0 aromatic carbocycles. The lowest BCUT2D eigenvalue weighted by molar-refractivity contribution is 0.0782. The molecule has 0 aliphatic heterocycles. The van der Waals surface area contributed by atoms with Gasteiger partial charge in [0.2, 0.25) is 0 Å². The third-order valence-electron chi connectivity index (χ3n) is 4.13. The lowest BCUT2D eigenvalue weighted by Crippen LogP contribution is -2.31. The lowest BCUT2D eigenvalue weighted by atomic mass is 9.64. The fraction of sp³-hybridized carbons (Fsp3) is 1.00. The Morgan fingerprint density at radius 1 is 1.21 bits per heavy atom. The van der Waals surface area contributed by atoms with Gasteiger partial charge in [0, 0.05) is 6.61 Å². The van der Waals surface area contributed by atoms with E-state index in [4.69, 9.17) is 5.11 Å². The summed E-state index contributed by atoms with van der Waals surface area (Å²) in [5.41, 5.74) is 0.900. The van der Waals surface area contributed by atoms with Crippen LogP contribution in [0.1, 0.15) is 59.8 Å². The van der Waals surface area contributed by atoms with Gasteiger partial charge in [-0.25, -0.2) is 0 Å². The molecule has 84 valence electrons. The molecule has 1 nitrogen and oxygen atoms in total. The van der Waals surface area contributed by atoms with E-state index in [0.717, 1.165) is 12.3 Å². The summed E-state index contributed by atoms with van der Waals surface area (Å²) >= 11 is 0. The maximum absolute atomic E-state index is 9.01. The molecule has 0 heterocycles. The van der Waals surface area contributed by atoms with E-state index < -0.39 is 0 Å². The largest absolute Gasteiger partial charge is 0.396 e. The molecule has 0 saturated heterocycles. The third kappa shape index (κ3) is 2.98. The molecule has 0 bridgehead atoms. The van der Waals surface area contributed by atoms with Crippen LogP contribution in [0.25, 0.3) is 0 Å². The molecule has 1 heteroatoms. The summed E-state index contributed by atoms with van der Waals surface area (Å²) in [6.45, 7) is 9.75. The average molecular weight is 198 g/mol. The average Bonchev–Trinajstić information content (AvgIpc) is 2.03. The lowest BCUT2D eigenvalue weighted by Gasteiger charge is -2.42. The number of hydrogen-bond donors (Lipinski definition) is 1. The SMILES string of the molecule is CC1(CCO)CCC(C(C)(C)C)CC1. The quantitative estimate of drug-likeness (QED) is 0.718. The van der Waals surface area contributed by atoms with Crippen LogP contribution >= 0.6 is 0 Å². The second-order valence-electron chi connectivity index (χ2n) is 6.42. The van der Waals surface area contributed by atoms with Gasteiger partial charge in [0.1, 0.15) is 0 Å². The predicted molar refractivity (Wildman–Crippen MR) is 61.2 cm³/mol. The van der Waals surface area contributed by atoms with E-state index in [0.29, 0.717) is 17.4 Å². The van der Waals surface area contributed by atoms with E-state index in [1.807, 2.05) is 0 Å². The van der Waals surface area contributed by atoms with Crippen molar-refractivity contribution in [3.63, 3.8) is 0 Å². The van der Waals surface area contributed by atoms with Gasteiger partial charge < -0.3 is 5.11 Å². The van der Waals surface area contributed by atoms with Crippen LogP contribution in [-0.4, -0.2) is 11.7 Å². The maximum Gasteiger partial charge on any atom is 0.0436 e.